The van der Waals surface area contributed by atoms with Crippen LogP contribution in [-0.2, 0) is 16.6 Å². The number of anilines is 1. The number of nitrogen functional groups attached to an aromatic ring is 1. The first kappa shape index (κ1) is 16.0. The van der Waals surface area contributed by atoms with Gasteiger partial charge in [-0.2, -0.15) is 4.31 Å². The number of nitrogens with zero attached hydrogens (tertiary/aromatic N) is 1. The molecule has 2 rings (SSSR count). The summed E-state index contributed by atoms with van der Waals surface area (Å²) in [6.07, 6.45) is 1.49. The molecule has 0 atom stereocenters. The molecule has 0 aliphatic heterocycles. The van der Waals surface area contributed by atoms with E-state index < -0.39 is 15.8 Å². The zero-order chi connectivity index (χ0) is 15.8. The number of benzene rings is 1. The third kappa shape index (κ3) is 3.12. The molecule has 0 aliphatic rings. The van der Waals surface area contributed by atoms with E-state index in [1.807, 2.05) is 0 Å². The van der Waals surface area contributed by atoms with Gasteiger partial charge in [0.05, 0.1) is 16.4 Å². The van der Waals surface area contributed by atoms with E-state index in [-0.39, 0.29) is 21.6 Å². The summed E-state index contributed by atoms with van der Waals surface area (Å²) < 4.78 is 44.7. The number of hydrogen-bond acceptors (Lipinski definition) is 4. The normalized spacial score (nSPS) is 12.0. The Morgan fingerprint density at radius 3 is 2.67 bits per heavy atom. The van der Waals surface area contributed by atoms with Crippen LogP contribution >= 0.6 is 15.9 Å². The number of rotatable bonds is 4. The van der Waals surface area contributed by atoms with Gasteiger partial charge in [0.2, 0.25) is 10.0 Å². The third-order valence-electron chi connectivity index (χ3n) is 3.10. The molecular weight excluding hydrogens is 363 g/mol. The SMILES string of the molecule is Cc1occc1CN(C)S(=O)(=O)c1cc(Br)c(F)cc1N. The Morgan fingerprint density at radius 1 is 1.43 bits per heavy atom. The molecule has 0 fully saturated rings. The number of sulfonamides is 1. The van der Waals surface area contributed by atoms with Crippen LogP contribution in [-0.4, -0.2) is 19.8 Å². The highest BCUT2D eigenvalue weighted by atomic mass is 79.9. The first-order chi connectivity index (χ1) is 9.73. The summed E-state index contributed by atoms with van der Waals surface area (Å²) in [6, 6.07) is 3.85. The highest BCUT2D eigenvalue weighted by Gasteiger charge is 2.25. The minimum Gasteiger partial charge on any atom is -0.469 e. The summed E-state index contributed by atoms with van der Waals surface area (Å²) in [6.45, 7) is 1.89. The van der Waals surface area contributed by atoms with E-state index in [1.165, 1.54) is 19.4 Å². The molecule has 0 aliphatic carbocycles. The van der Waals surface area contributed by atoms with Crippen molar-refractivity contribution >= 4 is 31.6 Å². The van der Waals surface area contributed by atoms with Gasteiger partial charge < -0.3 is 10.2 Å². The molecular formula is C13H14BrFN2O3S. The first-order valence-corrected chi connectivity index (χ1v) is 8.20. The second kappa shape index (κ2) is 5.78. The summed E-state index contributed by atoms with van der Waals surface area (Å²) in [5, 5.41) is 0. The van der Waals surface area contributed by atoms with Crippen molar-refractivity contribution in [2.75, 3.05) is 12.8 Å². The fourth-order valence-corrected chi connectivity index (χ4v) is 3.60. The number of nitrogens with two attached hydrogens (primary N) is 1. The van der Waals surface area contributed by atoms with Crippen LogP contribution in [0.4, 0.5) is 10.1 Å². The Balaban J connectivity index is 2.38. The van der Waals surface area contributed by atoms with E-state index in [0.29, 0.717) is 5.76 Å². The molecule has 1 heterocycles. The summed E-state index contributed by atoms with van der Waals surface area (Å²) in [5.41, 5.74) is 6.25. The molecule has 1 aromatic carbocycles. The fourth-order valence-electron chi connectivity index (χ4n) is 1.84. The van der Waals surface area contributed by atoms with Crippen molar-refractivity contribution < 1.29 is 17.2 Å². The average Bonchev–Trinajstić information content (AvgIpc) is 2.79. The van der Waals surface area contributed by atoms with Crippen LogP contribution in [0.25, 0.3) is 0 Å². The van der Waals surface area contributed by atoms with Gasteiger partial charge in [-0.25, -0.2) is 12.8 Å². The van der Waals surface area contributed by atoms with Gasteiger partial charge in [0.1, 0.15) is 16.5 Å². The Labute approximate surface area is 130 Å². The van der Waals surface area contributed by atoms with Crippen LogP contribution in [0.5, 0.6) is 0 Å². The largest absolute Gasteiger partial charge is 0.469 e. The lowest BCUT2D eigenvalue weighted by atomic mass is 10.3. The Bertz CT molecular complexity index is 774. The molecule has 0 spiro atoms. The van der Waals surface area contributed by atoms with E-state index in [1.54, 1.807) is 13.0 Å². The second-order valence-corrected chi connectivity index (χ2v) is 7.43. The van der Waals surface area contributed by atoms with Gasteiger partial charge in [0.25, 0.3) is 0 Å². The highest BCUT2D eigenvalue weighted by molar-refractivity contribution is 9.10. The number of aryl methyl sites for hydroxylation is 1. The molecule has 0 unspecified atom stereocenters. The van der Waals surface area contributed by atoms with E-state index in [4.69, 9.17) is 10.2 Å². The Hall–Kier alpha value is -1.38. The fraction of sp³-hybridized carbons (Fsp3) is 0.231. The molecule has 0 amide bonds. The van der Waals surface area contributed by atoms with Gasteiger partial charge in [-0.3, -0.25) is 0 Å². The first-order valence-electron chi connectivity index (χ1n) is 5.97. The lowest BCUT2D eigenvalue weighted by molar-refractivity contribution is 0.459. The standard InChI is InChI=1S/C13H14BrFN2O3S/c1-8-9(3-4-20-8)7-17(2)21(18,19)13-5-10(14)11(15)6-12(13)16/h3-6H,7,16H2,1-2H3. The molecule has 0 radical (unpaired) electrons. The van der Waals surface area contributed by atoms with Crippen molar-refractivity contribution in [2.24, 2.45) is 0 Å². The molecule has 21 heavy (non-hydrogen) atoms. The van der Waals surface area contributed by atoms with Crippen LogP contribution < -0.4 is 5.73 Å². The van der Waals surface area contributed by atoms with Gasteiger partial charge in [-0.05, 0) is 41.1 Å². The molecule has 1 aromatic heterocycles. The van der Waals surface area contributed by atoms with Crippen LogP contribution in [0.2, 0.25) is 0 Å². The molecule has 5 nitrogen and oxygen atoms in total. The lowest BCUT2D eigenvalue weighted by Gasteiger charge is -2.18. The molecule has 0 bridgehead atoms. The van der Waals surface area contributed by atoms with Gasteiger partial charge >= 0.3 is 0 Å². The quantitative estimate of drug-likeness (QED) is 0.832. The Morgan fingerprint density at radius 2 is 2.10 bits per heavy atom. The van der Waals surface area contributed by atoms with Gasteiger partial charge in [-0.15, -0.1) is 0 Å². The van der Waals surface area contributed by atoms with Crippen LogP contribution in [0.1, 0.15) is 11.3 Å². The zero-order valence-electron chi connectivity index (χ0n) is 11.4. The maximum atomic E-state index is 13.4. The maximum absolute atomic E-state index is 13.4. The second-order valence-electron chi connectivity index (χ2n) is 4.57. The van der Waals surface area contributed by atoms with Crippen molar-refractivity contribution in [3.8, 4) is 0 Å². The van der Waals surface area contributed by atoms with Crippen LogP contribution in [0.15, 0.2) is 38.2 Å². The van der Waals surface area contributed by atoms with Crippen molar-refractivity contribution in [1.82, 2.24) is 4.31 Å². The summed E-state index contributed by atoms with van der Waals surface area (Å²) in [5.74, 6) is 0.0325. The monoisotopic (exact) mass is 376 g/mol. The van der Waals surface area contributed by atoms with Crippen molar-refractivity contribution in [3.63, 3.8) is 0 Å². The van der Waals surface area contributed by atoms with Crippen LogP contribution in [0, 0.1) is 12.7 Å². The predicted octanol–water partition coefficient (Wildman–Crippen LogP) is 2.89. The number of furan rings is 1. The molecule has 2 N–H and O–H groups in total. The summed E-state index contributed by atoms with van der Waals surface area (Å²) >= 11 is 2.97. The minimum absolute atomic E-state index is 0.0446. The van der Waals surface area contributed by atoms with E-state index in [2.05, 4.69) is 15.9 Å². The maximum Gasteiger partial charge on any atom is 0.245 e. The van der Waals surface area contributed by atoms with Crippen molar-refractivity contribution in [3.05, 3.63) is 46.1 Å². The van der Waals surface area contributed by atoms with E-state index >= 15 is 0 Å². The lowest BCUT2D eigenvalue weighted by Crippen LogP contribution is -2.27. The Kier molecular flexibility index (Phi) is 4.40. The van der Waals surface area contributed by atoms with E-state index in [9.17, 15) is 12.8 Å². The van der Waals surface area contributed by atoms with Gasteiger partial charge in [-0.1, -0.05) is 0 Å². The topological polar surface area (TPSA) is 76.5 Å². The smallest absolute Gasteiger partial charge is 0.245 e. The molecule has 8 heteroatoms. The number of hydrogen-bond donors (Lipinski definition) is 1. The molecule has 0 saturated carbocycles. The summed E-state index contributed by atoms with van der Waals surface area (Å²) in [7, 11) is -2.40. The summed E-state index contributed by atoms with van der Waals surface area (Å²) in [4.78, 5) is -0.139. The molecule has 114 valence electrons. The molecule has 2 aromatic rings. The minimum atomic E-state index is -3.83. The van der Waals surface area contributed by atoms with Gasteiger partial charge in [0, 0.05) is 19.2 Å². The third-order valence-corrected chi connectivity index (χ3v) is 5.57. The predicted molar refractivity (Wildman–Crippen MR) is 80.6 cm³/mol. The van der Waals surface area contributed by atoms with Crippen LogP contribution in [0.3, 0.4) is 0 Å². The average molecular weight is 377 g/mol. The molecule has 0 saturated heterocycles. The van der Waals surface area contributed by atoms with Crippen molar-refractivity contribution in [2.45, 2.75) is 18.4 Å². The van der Waals surface area contributed by atoms with E-state index in [0.717, 1.165) is 15.9 Å². The zero-order valence-corrected chi connectivity index (χ0v) is 13.8. The van der Waals surface area contributed by atoms with Gasteiger partial charge in [0.15, 0.2) is 0 Å². The van der Waals surface area contributed by atoms with Crippen molar-refractivity contribution in [1.29, 1.82) is 0 Å². The number of halogens is 2. The highest BCUT2D eigenvalue weighted by Crippen LogP contribution is 2.28.